The maximum atomic E-state index is 14.7. The topological polar surface area (TPSA) is 45.7 Å². The Kier molecular flexibility index (Phi) is 5.92. The fourth-order valence-electron chi connectivity index (χ4n) is 4.21. The molecule has 7 heteroatoms. The van der Waals surface area contributed by atoms with Gasteiger partial charge in [-0.05, 0) is 51.3 Å². The molecular weight excluding hydrogens is 377 g/mol. The molecule has 2 saturated heterocycles. The van der Waals surface area contributed by atoms with Gasteiger partial charge in [-0.1, -0.05) is 0 Å². The number of carbonyl (C=O) groups excluding carboxylic acids is 1. The number of halogens is 1. The van der Waals surface area contributed by atoms with E-state index in [9.17, 15) is 9.18 Å². The highest BCUT2D eigenvalue weighted by Crippen LogP contribution is 2.26. The minimum Gasteiger partial charge on any atom is -0.487 e. The monoisotopic (exact) mass is 403 g/mol. The van der Waals surface area contributed by atoms with Crippen LogP contribution in [-0.2, 0) is 6.61 Å². The number of aromatic nitrogens is 1. The largest absolute Gasteiger partial charge is 0.487 e. The van der Waals surface area contributed by atoms with Gasteiger partial charge in [0.25, 0.3) is 5.91 Å². The molecule has 0 spiro atoms. The number of amides is 1. The molecule has 1 aromatic carbocycles. The van der Waals surface area contributed by atoms with Crippen molar-refractivity contribution in [2.24, 2.45) is 0 Å². The van der Waals surface area contributed by atoms with Gasteiger partial charge in [0.2, 0.25) is 0 Å². The standard InChI is InChI=1S/C21H26FN3O2S/c1-15-4-2-8-24(15)11-17-5-3-9-25(17)21(26)19-7-6-18(10-20(19)22)27-12-16-13-28-14-23-16/h6-7,10,13-15,17H,2-5,8-9,11-12H2,1H3/t15-,17?/m0/s1. The van der Waals surface area contributed by atoms with Crippen molar-refractivity contribution in [1.29, 1.82) is 0 Å². The molecule has 0 aliphatic carbocycles. The zero-order valence-corrected chi connectivity index (χ0v) is 17.0. The van der Waals surface area contributed by atoms with E-state index < -0.39 is 5.82 Å². The summed E-state index contributed by atoms with van der Waals surface area (Å²) in [7, 11) is 0. The third-order valence-electron chi connectivity index (χ3n) is 5.81. The lowest BCUT2D eigenvalue weighted by Gasteiger charge is -2.31. The molecule has 2 fully saturated rings. The van der Waals surface area contributed by atoms with E-state index in [1.165, 1.54) is 30.2 Å². The summed E-state index contributed by atoms with van der Waals surface area (Å²) in [4.78, 5) is 21.5. The second-order valence-electron chi connectivity index (χ2n) is 7.69. The normalized spacial score (nSPS) is 22.7. The van der Waals surface area contributed by atoms with Crippen molar-refractivity contribution >= 4 is 17.2 Å². The number of likely N-dealkylation sites (tertiary alicyclic amines) is 2. The quantitative estimate of drug-likeness (QED) is 0.733. The van der Waals surface area contributed by atoms with Crippen molar-refractivity contribution in [1.82, 2.24) is 14.8 Å². The van der Waals surface area contributed by atoms with E-state index in [-0.39, 0.29) is 17.5 Å². The average Bonchev–Trinajstić information content (AvgIpc) is 3.43. The van der Waals surface area contributed by atoms with Gasteiger partial charge >= 0.3 is 0 Å². The molecule has 3 heterocycles. The summed E-state index contributed by atoms with van der Waals surface area (Å²) < 4.78 is 20.2. The van der Waals surface area contributed by atoms with Crippen molar-refractivity contribution in [3.8, 4) is 5.75 Å². The van der Waals surface area contributed by atoms with E-state index in [2.05, 4.69) is 16.8 Å². The Hall–Kier alpha value is -1.99. The molecule has 5 nitrogen and oxygen atoms in total. The molecule has 1 amide bonds. The molecular formula is C21H26FN3O2S. The van der Waals surface area contributed by atoms with Crippen molar-refractivity contribution in [2.45, 2.75) is 51.3 Å². The molecule has 2 aromatic rings. The third kappa shape index (κ3) is 4.20. The Morgan fingerprint density at radius 3 is 2.89 bits per heavy atom. The van der Waals surface area contributed by atoms with Gasteiger partial charge in [0.05, 0.1) is 16.8 Å². The number of thiazole rings is 1. The first-order chi connectivity index (χ1) is 13.6. The van der Waals surface area contributed by atoms with Gasteiger partial charge in [0.1, 0.15) is 18.2 Å². The number of rotatable bonds is 6. The summed E-state index contributed by atoms with van der Waals surface area (Å²) in [6.07, 6.45) is 4.41. The number of nitrogens with zero attached hydrogens (tertiary/aromatic N) is 3. The molecule has 150 valence electrons. The number of benzene rings is 1. The van der Waals surface area contributed by atoms with Crippen LogP contribution in [-0.4, -0.2) is 52.4 Å². The first kappa shape index (κ1) is 19.3. The van der Waals surface area contributed by atoms with Gasteiger partial charge < -0.3 is 9.64 Å². The van der Waals surface area contributed by atoms with Gasteiger partial charge in [-0.2, -0.15) is 0 Å². The number of ether oxygens (including phenoxy) is 1. The van der Waals surface area contributed by atoms with E-state index in [4.69, 9.17) is 4.74 Å². The Morgan fingerprint density at radius 2 is 2.18 bits per heavy atom. The maximum absolute atomic E-state index is 14.7. The molecule has 1 aromatic heterocycles. The molecule has 28 heavy (non-hydrogen) atoms. The van der Waals surface area contributed by atoms with Crippen LogP contribution in [0.2, 0.25) is 0 Å². The van der Waals surface area contributed by atoms with Gasteiger partial charge in [-0.25, -0.2) is 9.37 Å². The van der Waals surface area contributed by atoms with Gasteiger partial charge in [-0.3, -0.25) is 9.69 Å². The Morgan fingerprint density at radius 1 is 1.32 bits per heavy atom. The SMILES string of the molecule is C[C@H]1CCCN1CC1CCCN1C(=O)c1ccc(OCc2cscn2)cc1F. The Bertz CT molecular complexity index is 814. The second kappa shape index (κ2) is 8.57. The van der Waals surface area contributed by atoms with Crippen LogP contribution >= 0.6 is 11.3 Å². The van der Waals surface area contributed by atoms with E-state index >= 15 is 0 Å². The van der Waals surface area contributed by atoms with Crippen LogP contribution in [0.25, 0.3) is 0 Å². The number of carbonyl (C=O) groups is 1. The maximum Gasteiger partial charge on any atom is 0.257 e. The van der Waals surface area contributed by atoms with E-state index in [1.807, 2.05) is 10.3 Å². The molecule has 2 aliphatic heterocycles. The van der Waals surface area contributed by atoms with E-state index in [0.717, 1.165) is 31.6 Å². The minimum absolute atomic E-state index is 0.127. The van der Waals surface area contributed by atoms with Gasteiger partial charge in [0.15, 0.2) is 0 Å². The summed E-state index contributed by atoms with van der Waals surface area (Å²) in [6.45, 7) is 5.23. The number of hydrogen-bond acceptors (Lipinski definition) is 5. The molecule has 1 unspecified atom stereocenters. The van der Waals surface area contributed by atoms with Crippen molar-refractivity contribution in [3.63, 3.8) is 0 Å². The molecule has 2 atom stereocenters. The van der Waals surface area contributed by atoms with Crippen LogP contribution < -0.4 is 4.74 Å². The first-order valence-electron chi connectivity index (χ1n) is 9.96. The fraction of sp³-hybridized carbons (Fsp3) is 0.524. The zero-order chi connectivity index (χ0) is 19.5. The lowest BCUT2D eigenvalue weighted by atomic mass is 10.1. The van der Waals surface area contributed by atoms with Crippen LogP contribution in [0.4, 0.5) is 4.39 Å². The van der Waals surface area contributed by atoms with Crippen LogP contribution in [0.3, 0.4) is 0 Å². The Labute approximate surface area is 169 Å². The van der Waals surface area contributed by atoms with Crippen LogP contribution in [0.1, 0.15) is 48.7 Å². The van der Waals surface area contributed by atoms with Gasteiger partial charge in [-0.15, -0.1) is 11.3 Å². The second-order valence-corrected chi connectivity index (χ2v) is 8.41. The van der Waals surface area contributed by atoms with Crippen molar-refractivity contribution in [3.05, 3.63) is 46.2 Å². The highest BCUT2D eigenvalue weighted by atomic mass is 32.1. The summed E-state index contributed by atoms with van der Waals surface area (Å²) in [6, 6.07) is 5.25. The molecule has 0 saturated carbocycles. The zero-order valence-electron chi connectivity index (χ0n) is 16.1. The molecule has 4 rings (SSSR count). The van der Waals surface area contributed by atoms with Crippen LogP contribution in [0.15, 0.2) is 29.1 Å². The minimum atomic E-state index is -0.527. The van der Waals surface area contributed by atoms with E-state index in [1.54, 1.807) is 17.6 Å². The summed E-state index contributed by atoms with van der Waals surface area (Å²) in [5.74, 6) is -0.329. The van der Waals surface area contributed by atoms with Crippen molar-refractivity contribution < 1.29 is 13.9 Å². The van der Waals surface area contributed by atoms with E-state index in [0.29, 0.717) is 24.9 Å². The average molecular weight is 404 g/mol. The smallest absolute Gasteiger partial charge is 0.257 e. The summed E-state index contributed by atoms with van der Waals surface area (Å²) in [5, 5.41) is 1.89. The van der Waals surface area contributed by atoms with Crippen molar-refractivity contribution in [2.75, 3.05) is 19.6 Å². The third-order valence-corrected chi connectivity index (χ3v) is 6.45. The molecule has 0 N–H and O–H groups in total. The summed E-state index contributed by atoms with van der Waals surface area (Å²) in [5.41, 5.74) is 2.67. The fourth-order valence-corrected chi connectivity index (χ4v) is 4.75. The molecule has 2 aliphatic rings. The predicted molar refractivity (Wildman–Crippen MR) is 107 cm³/mol. The Balaban J connectivity index is 1.41. The highest BCUT2D eigenvalue weighted by Gasteiger charge is 2.33. The molecule has 0 bridgehead atoms. The number of hydrogen-bond donors (Lipinski definition) is 0. The molecule has 0 radical (unpaired) electrons. The van der Waals surface area contributed by atoms with Gasteiger partial charge in [0, 0.05) is 36.6 Å². The predicted octanol–water partition coefficient (Wildman–Crippen LogP) is 3.95. The summed E-state index contributed by atoms with van der Waals surface area (Å²) >= 11 is 1.49. The lowest BCUT2D eigenvalue weighted by Crippen LogP contribution is -2.44. The van der Waals surface area contributed by atoms with Crippen LogP contribution in [0, 0.1) is 5.82 Å². The highest BCUT2D eigenvalue weighted by molar-refractivity contribution is 7.07. The van der Waals surface area contributed by atoms with Crippen LogP contribution in [0.5, 0.6) is 5.75 Å². The lowest BCUT2D eigenvalue weighted by molar-refractivity contribution is 0.0692. The first-order valence-corrected chi connectivity index (χ1v) is 10.9.